The van der Waals surface area contributed by atoms with Crippen molar-refractivity contribution in [1.29, 1.82) is 0 Å². The lowest BCUT2D eigenvalue weighted by Crippen LogP contribution is -2.38. The van der Waals surface area contributed by atoms with Crippen LogP contribution in [0.2, 0.25) is 0 Å². The van der Waals surface area contributed by atoms with Crippen molar-refractivity contribution in [2.24, 2.45) is 5.92 Å². The summed E-state index contributed by atoms with van der Waals surface area (Å²) in [7, 11) is 1.68. The van der Waals surface area contributed by atoms with Gasteiger partial charge in [0.25, 0.3) is 0 Å². The molecule has 1 atom stereocenters. The van der Waals surface area contributed by atoms with Gasteiger partial charge in [0, 0.05) is 19.7 Å². The van der Waals surface area contributed by atoms with Crippen molar-refractivity contribution in [2.75, 3.05) is 46.7 Å². The van der Waals surface area contributed by atoms with Crippen molar-refractivity contribution < 1.29 is 14.2 Å². The molecule has 0 amide bonds. The van der Waals surface area contributed by atoms with Crippen LogP contribution >= 0.6 is 0 Å². The molecule has 0 spiro atoms. The van der Waals surface area contributed by atoms with Crippen LogP contribution in [0.1, 0.15) is 26.2 Å². The summed E-state index contributed by atoms with van der Waals surface area (Å²) in [5, 5.41) is 3.51. The van der Waals surface area contributed by atoms with Gasteiger partial charge in [0.1, 0.15) is 0 Å². The summed E-state index contributed by atoms with van der Waals surface area (Å²) >= 11 is 0. The first-order valence-electron chi connectivity index (χ1n) is 6.72. The molecule has 1 aliphatic rings. The lowest BCUT2D eigenvalue weighted by atomic mass is 9.80. The van der Waals surface area contributed by atoms with Crippen molar-refractivity contribution >= 4 is 0 Å². The molecule has 0 bridgehead atoms. The zero-order valence-corrected chi connectivity index (χ0v) is 11.2. The third-order valence-electron chi connectivity index (χ3n) is 3.37. The average Bonchev–Trinajstić information content (AvgIpc) is 2.24. The SMILES string of the molecule is COCCOCCOCCNC(C)C1CCC1. The van der Waals surface area contributed by atoms with Gasteiger partial charge in [-0.25, -0.2) is 0 Å². The van der Waals surface area contributed by atoms with Crippen LogP contribution in [0.4, 0.5) is 0 Å². The monoisotopic (exact) mass is 245 g/mol. The predicted octanol–water partition coefficient (Wildman–Crippen LogP) is 1.44. The molecule has 4 nitrogen and oxygen atoms in total. The summed E-state index contributed by atoms with van der Waals surface area (Å²) in [6, 6.07) is 0.644. The van der Waals surface area contributed by atoms with Crippen LogP contribution in [0.5, 0.6) is 0 Å². The van der Waals surface area contributed by atoms with Crippen molar-refractivity contribution in [3.63, 3.8) is 0 Å². The van der Waals surface area contributed by atoms with Gasteiger partial charge in [-0.15, -0.1) is 0 Å². The Hall–Kier alpha value is -0.160. The summed E-state index contributed by atoms with van der Waals surface area (Å²) in [6.07, 6.45) is 4.19. The highest BCUT2D eigenvalue weighted by molar-refractivity contribution is 4.79. The van der Waals surface area contributed by atoms with Gasteiger partial charge in [0.05, 0.1) is 33.0 Å². The van der Waals surface area contributed by atoms with Crippen LogP contribution < -0.4 is 5.32 Å². The molecule has 1 rings (SSSR count). The van der Waals surface area contributed by atoms with Gasteiger partial charge in [-0.1, -0.05) is 6.42 Å². The summed E-state index contributed by atoms with van der Waals surface area (Å²) in [5.74, 6) is 0.896. The maximum atomic E-state index is 5.47. The van der Waals surface area contributed by atoms with Gasteiger partial charge in [-0.3, -0.25) is 0 Å². The molecule has 0 aromatic rings. The lowest BCUT2D eigenvalue weighted by molar-refractivity contribution is 0.0248. The third-order valence-corrected chi connectivity index (χ3v) is 3.37. The number of methoxy groups -OCH3 is 1. The molecule has 1 saturated carbocycles. The van der Waals surface area contributed by atoms with E-state index in [-0.39, 0.29) is 0 Å². The summed E-state index contributed by atoms with van der Waals surface area (Å²) in [6.45, 7) is 6.61. The van der Waals surface area contributed by atoms with Gasteiger partial charge >= 0.3 is 0 Å². The van der Waals surface area contributed by atoms with E-state index >= 15 is 0 Å². The highest BCUT2D eigenvalue weighted by atomic mass is 16.5. The molecule has 17 heavy (non-hydrogen) atoms. The van der Waals surface area contributed by atoms with Crippen LogP contribution in [0.15, 0.2) is 0 Å². The summed E-state index contributed by atoms with van der Waals surface area (Å²) in [4.78, 5) is 0. The second-order valence-corrected chi connectivity index (χ2v) is 4.65. The molecule has 1 fully saturated rings. The van der Waals surface area contributed by atoms with E-state index in [9.17, 15) is 0 Å². The van der Waals surface area contributed by atoms with Crippen LogP contribution in [0, 0.1) is 5.92 Å². The molecule has 0 aromatic heterocycles. The number of rotatable bonds is 11. The van der Waals surface area contributed by atoms with E-state index < -0.39 is 0 Å². The van der Waals surface area contributed by atoms with Gasteiger partial charge < -0.3 is 19.5 Å². The Balaban J connectivity index is 1.74. The Kier molecular flexibility index (Phi) is 8.61. The smallest absolute Gasteiger partial charge is 0.0701 e. The van der Waals surface area contributed by atoms with E-state index in [1.807, 2.05) is 0 Å². The van der Waals surface area contributed by atoms with Crippen molar-refractivity contribution in [3.8, 4) is 0 Å². The molecular weight excluding hydrogens is 218 g/mol. The molecule has 102 valence electrons. The van der Waals surface area contributed by atoms with E-state index in [1.54, 1.807) is 7.11 Å². The number of ether oxygens (including phenoxy) is 3. The van der Waals surface area contributed by atoms with Crippen molar-refractivity contribution in [2.45, 2.75) is 32.2 Å². The van der Waals surface area contributed by atoms with Crippen LogP contribution in [0.25, 0.3) is 0 Å². The summed E-state index contributed by atoms with van der Waals surface area (Å²) < 4.78 is 15.6. The second-order valence-electron chi connectivity index (χ2n) is 4.65. The molecular formula is C13H27NO3. The molecule has 1 N–H and O–H groups in total. The fourth-order valence-corrected chi connectivity index (χ4v) is 1.93. The number of nitrogens with one attached hydrogen (secondary N) is 1. The zero-order chi connectivity index (χ0) is 12.3. The Morgan fingerprint density at radius 2 is 1.71 bits per heavy atom. The normalized spacial score (nSPS) is 18.0. The molecule has 0 heterocycles. The standard InChI is InChI=1S/C13H27NO3/c1-12(13-4-3-5-13)14-6-7-16-10-11-17-9-8-15-2/h12-14H,3-11H2,1-2H3. The van der Waals surface area contributed by atoms with E-state index in [1.165, 1.54) is 19.3 Å². The van der Waals surface area contributed by atoms with Crippen LogP contribution in [0.3, 0.4) is 0 Å². The van der Waals surface area contributed by atoms with Crippen molar-refractivity contribution in [1.82, 2.24) is 5.32 Å². The van der Waals surface area contributed by atoms with E-state index in [0.29, 0.717) is 32.5 Å². The first-order valence-corrected chi connectivity index (χ1v) is 6.72. The van der Waals surface area contributed by atoms with Gasteiger partial charge in [0.15, 0.2) is 0 Å². The molecule has 0 radical (unpaired) electrons. The Morgan fingerprint density at radius 1 is 1.06 bits per heavy atom. The Labute approximate surface area is 105 Å². The number of hydrogen-bond donors (Lipinski definition) is 1. The lowest BCUT2D eigenvalue weighted by Gasteiger charge is -2.32. The van der Waals surface area contributed by atoms with Crippen LogP contribution in [-0.4, -0.2) is 52.7 Å². The van der Waals surface area contributed by atoms with Crippen LogP contribution in [-0.2, 0) is 14.2 Å². The average molecular weight is 245 g/mol. The fourth-order valence-electron chi connectivity index (χ4n) is 1.93. The molecule has 1 unspecified atom stereocenters. The minimum atomic E-state index is 0.644. The zero-order valence-electron chi connectivity index (χ0n) is 11.2. The topological polar surface area (TPSA) is 39.7 Å². The Bertz CT molecular complexity index is 174. The van der Waals surface area contributed by atoms with Gasteiger partial charge in [-0.05, 0) is 25.7 Å². The highest BCUT2D eigenvalue weighted by Crippen LogP contribution is 2.29. The minimum absolute atomic E-state index is 0.644. The van der Waals surface area contributed by atoms with E-state index in [4.69, 9.17) is 14.2 Å². The largest absolute Gasteiger partial charge is 0.382 e. The molecule has 0 saturated heterocycles. The first-order chi connectivity index (χ1) is 8.34. The summed E-state index contributed by atoms with van der Waals surface area (Å²) in [5.41, 5.74) is 0. The van der Waals surface area contributed by atoms with Gasteiger partial charge in [-0.2, -0.15) is 0 Å². The van der Waals surface area contributed by atoms with E-state index in [0.717, 1.165) is 19.1 Å². The molecule has 1 aliphatic carbocycles. The Morgan fingerprint density at radius 3 is 2.29 bits per heavy atom. The molecule has 0 aliphatic heterocycles. The first kappa shape index (κ1) is 14.9. The highest BCUT2D eigenvalue weighted by Gasteiger charge is 2.22. The maximum Gasteiger partial charge on any atom is 0.0701 e. The van der Waals surface area contributed by atoms with E-state index in [2.05, 4.69) is 12.2 Å². The minimum Gasteiger partial charge on any atom is -0.382 e. The molecule has 4 heteroatoms. The molecule has 0 aromatic carbocycles. The third kappa shape index (κ3) is 6.99. The predicted molar refractivity (Wildman–Crippen MR) is 68.3 cm³/mol. The van der Waals surface area contributed by atoms with Crippen molar-refractivity contribution in [3.05, 3.63) is 0 Å². The van der Waals surface area contributed by atoms with Gasteiger partial charge in [0.2, 0.25) is 0 Å². The second kappa shape index (κ2) is 9.83. The number of hydrogen-bond acceptors (Lipinski definition) is 4. The fraction of sp³-hybridized carbons (Fsp3) is 1.00. The quantitative estimate of drug-likeness (QED) is 0.559. The maximum absolute atomic E-state index is 5.47.